The topological polar surface area (TPSA) is 79.5 Å². The van der Waals surface area contributed by atoms with Crippen molar-refractivity contribution in [2.45, 2.75) is 24.5 Å². The van der Waals surface area contributed by atoms with Crippen LogP contribution < -0.4 is 4.72 Å². The molecule has 0 aliphatic heterocycles. The van der Waals surface area contributed by atoms with Crippen molar-refractivity contribution in [2.24, 2.45) is 0 Å². The van der Waals surface area contributed by atoms with Gasteiger partial charge in [-0.25, -0.2) is 13.1 Å². The minimum absolute atomic E-state index is 0.172. The molecule has 0 amide bonds. The van der Waals surface area contributed by atoms with E-state index in [-0.39, 0.29) is 11.4 Å². The predicted molar refractivity (Wildman–Crippen MR) is 92.3 cm³/mol. The number of hydrogen-bond acceptors (Lipinski definition) is 5. The molecule has 0 aliphatic carbocycles. The van der Waals surface area contributed by atoms with Crippen LogP contribution in [-0.4, -0.2) is 13.5 Å². The van der Waals surface area contributed by atoms with Gasteiger partial charge >= 0.3 is 0 Å². The Hall–Kier alpha value is -1.93. The number of aliphatic hydroxyl groups excluding tert-OH is 1. The second kappa shape index (κ2) is 6.90. The monoisotopic (exact) mass is 363 g/mol. The molecule has 1 atom stereocenters. The molecule has 0 fully saturated rings. The Balaban J connectivity index is 1.68. The Bertz CT molecular complexity index is 896. The van der Waals surface area contributed by atoms with Crippen LogP contribution >= 0.6 is 11.3 Å². The Morgan fingerprint density at radius 1 is 1.17 bits per heavy atom. The fraction of sp³-hybridized carbons (Fsp3) is 0.176. The fourth-order valence-electron chi connectivity index (χ4n) is 2.19. The molecule has 2 aromatic heterocycles. The SMILES string of the molecule is Cc1ccc(S(=O)(=O)NCc2ccc(C(O)c3ccco3)s2)cc1. The van der Waals surface area contributed by atoms with E-state index in [9.17, 15) is 13.5 Å². The summed E-state index contributed by atoms with van der Waals surface area (Å²) < 4.78 is 32.3. The minimum atomic E-state index is -3.55. The van der Waals surface area contributed by atoms with Crippen molar-refractivity contribution < 1.29 is 17.9 Å². The molecule has 126 valence electrons. The number of furan rings is 1. The number of sulfonamides is 1. The van der Waals surface area contributed by atoms with Crippen LogP contribution in [0.2, 0.25) is 0 Å². The van der Waals surface area contributed by atoms with Crippen LogP contribution in [0, 0.1) is 6.92 Å². The zero-order chi connectivity index (χ0) is 17.2. The molecular weight excluding hydrogens is 346 g/mol. The first kappa shape index (κ1) is 16.9. The highest BCUT2D eigenvalue weighted by Gasteiger charge is 2.17. The number of rotatable bonds is 6. The van der Waals surface area contributed by atoms with E-state index in [1.807, 2.05) is 6.92 Å². The molecule has 2 heterocycles. The Kier molecular flexibility index (Phi) is 4.86. The van der Waals surface area contributed by atoms with E-state index in [1.165, 1.54) is 17.6 Å². The maximum Gasteiger partial charge on any atom is 0.240 e. The summed E-state index contributed by atoms with van der Waals surface area (Å²) in [6, 6.07) is 13.7. The van der Waals surface area contributed by atoms with Crippen molar-refractivity contribution in [3.05, 3.63) is 75.9 Å². The number of benzene rings is 1. The van der Waals surface area contributed by atoms with Gasteiger partial charge in [0.15, 0.2) is 0 Å². The van der Waals surface area contributed by atoms with Gasteiger partial charge in [0.1, 0.15) is 11.9 Å². The van der Waals surface area contributed by atoms with Gasteiger partial charge in [0.2, 0.25) is 10.0 Å². The Morgan fingerprint density at radius 3 is 2.58 bits per heavy atom. The lowest BCUT2D eigenvalue weighted by Crippen LogP contribution is -2.22. The third-order valence-electron chi connectivity index (χ3n) is 3.53. The number of aryl methyl sites for hydroxylation is 1. The highest BCUT2D eigenvalue weighted by molar-refractivity contribution is 7.89. The predicted octanol–water partition coefficient (Wildman–Crippen LogP) is 3.21. The van der Waals surface area contributed by atoms with Crippen LogP contribution in [0.15, 0.2) is 64.1 Å². The van der Waals surface area contributed by atoms with Crippen LogP contribution in [0.5, 0.6) is 0 Å². The number of thiophene rings is 1. The molecule has 1 aromatic carbocycles. The first-order chi connectivity index (χ1) is 11.5. The third kappa shape index (κ3) is 3.76. The first-order valence-corrected chi connectivity index (χ1v) is 9.62. The summed E-state index contributed by atoms with van der Waals surface area (Å²) in [5.41, 5.74) is 1.00. The van der Waals surface area contributed by atoms with Gasteiger partial charge in [-0.2, -0.15) is 0 Å². The van der Waals surface area contributed by atoms with Crippen molar-refractivity contribution in [3.8, 4) is 0 Å². The molecule has 0 bridgehead atoms. The molecule has 24 heavy (non-hydrogen) atoms. The Morgan fingerprint density at radius 2 is 1.92 bits per heavy atom. The van der Waals surface area contributed by atoms with E-state index in [0.29, 0.717) is 10.6 Å². The van der Waals surface area contributed by atoms with Crippen molar-refractivity contribution in [3.63, 3.8) is 0 Å². The van der Waals surface area contributed by atoms with E-state index >= 15 is 0 Å². The molecule has 5 nitrogen and oxygen atoms in total. The summed E-state index contributed by atoms with van der Waals surface area (Å²) in [4.78, 5) is 1.75. The molecule has 1 unspecified atom stereocenters. The second-order valence-electron chi connectivity index (χ2n) is 5.36. The third-order valence-corrected chi connectivity index (χ3v) is 6.09. The van der Waals surface area contributed by atoms with E-state index < -0.39 is 16.1 Å². The number of hydrogen-bond donors (Lipinski definition) is 2. The lowest BCUT2D eigenvalue weighted by molar-refractivity contribution is 0.193. The second-order valence-corrected chi connectivity index (χ2v) is 8.33. The first-order valence-electron chi connectivity index (χ1n) is 7.32. The van der Waals surface area contributed by atoms with E-state index in [2.05, 4.69) is 4.72 Å². The highest BCUT2D eigenvalue weighted by Crippen LogP contribution is 2.28. The van der Waals surface area contributed by atoms with Crippen LogP contribution in [0.1, 0.15) is 27.2 Å². The average Bonchev–Trinajstić information content (AvgIpc) is 3.25. The van der Waals surface area contributed by atoms with E-state index in [1.54, 1.807) is 48.5 Å². The van der Waals surface area contributed by atoms with Crippen LogP contribution in [0.4, 0.5) is 0 Å². The Labute approximate surface area is 144 Å². The molecule has 0 aliphatic rings. The largest absolute Gasteiger partial charge is 0.466 e. The van der Waals surface area contributed by atoms with Crippen molar-refractivity contribution in [2.75, 3.05) is 0 Å². The maximum absolute atomic E-state index is 12.3. The molecule has 0 radical (unpaired) electrons. The molecule has 0 saturated heterocycles. The zero-order valence-corrected chi connectivity index (χ0v) is 14.6. The summed E-state index contributed by atoms with van der Waals surface area (Å²) >= 11 is 1.34. The maximum atomic E-state index is 12.3. The van der Waals surface area contributed by atoms with Crippen LogP contribution in [0.25, 0.3) is 0 Å². The van der Waals surface area contributed by atoms with E-state index in [0.717, 1.165) is 10.4 Å². The highest BCUT2D eigenvalue weighted by atomic mass is 32.2. The molecule has 2 N–H and O–H groups in total. The molecular formula is C17H17NO4S2. The van der Waals surface area contributed by atoms with Crippen molar-refractivity contribution in [1.82, 2.24) is 4.72 Å². The van der Waals surface area contributed by atoms with E-state index in [4.69, 9.17) is 4.42 Å². The number of nitrogens with one attached hydrogen (secondary N) is 1. The van der Waals surface area contributed by atoms with Gasteiger partial charge in [-0.15, -0.1) is 11.3 Å². The summed E-state index contributed by atoms with van der Waals surface area (Å²) in [6.07, 6.45) is 0.662. The van der Waals surface area contributed by atoms with Crippen molar-refractivity contribution >= 4 is 21.4 Å². The lowest BCUT2D eigenvalue weighted by atomic mass is 10.2. The van der Waals surface area contributed by atoms with Crippen LogP contribution in [-0.2, 0) is 16.6 Å². The van der Waals surface area contributed by atoms with Gasteiger partial charge in [-0.05, 0) is 43.3 Å². The van der Waals surface area contributed by atoms with Gasteiger partial charge in [0.25, 0.3) is 0 Å². The minimum Gasteiger partial charge on any atom is -0.466 e. The molecule has 7 heteroatoms. The summed E-state index contributed by atoms with van der Waals surface area (Å²) in [6.45, 7) is 2.08. The average molecular weight is 363 g/mol. The lowest BCUT2D eigenvalue weighted by Gasteiger charge is -2.06. The molecule has 3 rings (SSSR count). The van der Waals surface area contributed by atoms with Gasteiger partial charge in [-0.3, -0.25) is 0 Å². The molecule has 0 saturated carbocycles. The zero-order valence-electron chi connectivity index (χ0n) is 13.0. The van der Waals surface area contributed by atoms with Crippen molar-refractivity contribution in [1.29, 1.82) is 0 Å². The van der Waals surface area contributed by atoms with Crippen LogP contribution in [0.3, 0.4) is 0 Å². The summed E-state index contributed by atoms with van der Waals surface area (Å²) in [7, 11) is -3.55. The smallest absolute Gasteiger partial charge is 0.240 e. The molecule has 0 spiro atoms. The number of aliphatic hydroxyl groups is 1. The molecule has 3 aromatic rings. The van der Waals surface area contributed by atoms with Gasteiger partial charge in [0.05, 0.1) is 11.2 Å². The summed E-state index contributed by atoms with van der Waals surface area (Å²) in [5, 5.41) is 10.2. The van der Waals surface area contributed by atoms with Gasteiger partial charge in [0, 0.05) is 16.3 Å². The van der Waals surface area contributed by atoms with Gasteiger partial charge in [-0.1, -0.05) is 17.7 Å². The fourth-order valence-corrected chi connectivity index (χ4v) is 4.24. The van der Waals surface area contributed by atoms with Gasteiger partial charge < -0.3 is 9.52 Å². The quantitative estimate of drug-likeness (QED) is 0.705. The normalized spacial score (nSPS) is 13.1. The standard InChI is InChI=1S/C17H17NO4S2/c1-12-4-7-14(8-5-12)24(20,21)18-11-13-6-9-16(23-13)17(19)15-3-2-10-22-15/h2-10,17-19H,11H2,1H3. The summed E-state index contributed by atoms with van der Waals surface area (Å²) in [5.74, 6) is 0.462.